The van der Waals surface area contributed by atoms with Crippen molar-refractivity contribution in [2.75, 3.05) is 0 Å². The quantitative estimate of drug-likeness (QED) is 0.107. The van der Waals surface area contributed by atoms with Crippen molar-refractivity contribution in [1.29, 1.82) is 0 Å². The summed E-state index contributed by atoms with van der Waals surface area (Å²) >= 11 is 0. The molecule has 0 nitrogen and oxygen atoms in total. The summed E-state index contributed by atoms with van der Waals surface area (Å²) in [6.45, 7) is 2.30. The van der Waals surface area contributed by atoms with Crippen LogP contribution in [0.25, 0.3) is 0 Å². The van der Waals surface area contributed by atoms with E-state index in [4.69, 9.17) is 0 Å². The van der Waals surface area contributed by atoms with Crippen molar-refractivity contribution in [3.8, 4) is 0 Å². The fraction of sp³-hybridized carbons (Fsp3) is 0.471. The number of unbranched alkanes of at least 4 members (excludes halogenated alkanes) is 13. The van der Waals surface area contributed by atoms with Crippen molar-refractivity contribution in [2.45, 2.75) is 103 Å². The smallest absolute Gasteiger partial charge is 0.0119 e. The third-order valence-electron chi connectivity index (χ3n) is 7.06. The van der Waals surface area contributed by atoms with Crippen LogP contribution in [0.5, 0.6) is 0 Å². The summed E-state index contributed by atoms with van der Waals surface area (Å²) < 4.78 is 0. The van der Waals surface area contributed by atoms with Crippen LogP contribution in [0.2, 0.25) is 0 Å². The molecule has 0 aromatic heterocycles. The van der Waals surface area contributed by atoms with E-state index in [2.05, 4.69) is 91.9 Å². The zero-order valence-electron chi connectivity index (χ0n) is 23.0. The molecule has 0 N–H and O–H groups in total. The Morgan fingerprint density at radius 2 is 0.811 bits per heavy atom. The van der Waals surface area contributed by atoms with Gasteiger partial charge in [0, 0.05) is 0 Å². The molecule has 0 bridgehead atoms. The molecule has 204 valence electrons. The average molecular weight is 560 g/mol. The summed E-state index contributed by atoms with van der Waals surface area (Å²) in [6, 6.07) is 31.4. The van der Waals surface area contributed by atoms with Gasteiger partial charge in [-0.1, -0.05) is 175 Å². The maximum absolute atomic E-state index is 2.38. The van der Waals surface area contributed by atoms with Gasteiger partial charge in [0.15, 0.2) is 0 Å². The molecule has 0 radical (unpaired) electrons. The molecule has 0 unspecified atom stereocenters. The molecule has 0 saturated heterocycles. The van der Waals surface area contributed by atoms with Crippen LogP contribution in [-0.2, 0) is 6.42 Å². The third-order valence-corrected chi connectivity index (χ3v) is 9.61. The van der Waals surface area contributed by atoms with E-state index in [9.17, 15) is 0 Å². The molecule has 3 rings (SSSR count). The lowest BCUT2D eigenvalue weighted by atomic mass is 10.0. The summed E-state index contributed by atoms with van der Waals surface area (Å²) in [4.78, 5) is 0. The van der Waals surface area contributed by atoms with Crippen LogP contribution in [0.15, 0.2) is 84.9 Å². The molecule has 3 aromatic rings. The lowest BCUT2D eigenvalue weighted by molar-refractivity contribution is 0.535. The minimum Gasteiger partial charge on any atom is -0.147 e. The largest absolute Gasteiger partial charge is 0.147 e. The molecule has 37 heavy (non-hydrogen) atoms. The first-order valence-corrected chi connectivity index (χ1v) is 15.7. The number of rotatable bonds is 18. The second-order valence-corrected chi connectivity index (χ2v) is 12.2. The highest BCUT2D eigenvalue weighted by Crippen LogP contribution is 2.34. The Balaban J connectivity index is 0.00000342. The van der Waals surface area contributed by atoms with E-state index in [1.54, 1.807) is 5.56 Å². The number of hydrogen-bond acceptors (Lipinski definition) is 0. The second kappa shape index (κ2) is 21.6. The molecule has 0 heterocycles. The average Bonchev–Trinajstić information content (AvgIpc) is 2.91. The number of hydrogen-bond donors (Lipinski definition) is 0. The van der Waals surface area contributed by atoms with E-state index in [1.165, 1.54) is 112 Å². The zero-order valence-corrected chi connectivity index (χ0v) is 25.5. The molecule has 0 spiro atoms. The molecule has 0 saturated carbocycles. The van der Waals surface area contributed by atoms with Crippen LogP contribution in [0, 0.1) is 0 Å². The number of aryl methyl sites for hydroxylation is 1. The molecule has 0 aliphatic rings. The fourth-order valence-corrected chi connectivity index (χ4v) is 7.54. The van der Waals surface area contributed by atoms with Gasteiger partial charge in [0.25, 0.3) is 0 Å². The first-order valence-electron chi connectivity index (χ1n) is 14.4. The lowest BCUT2D eigenvalue weighted by Gasteiger charge is -2.22. The summed E-state index contributed by atoms with van der Waals surface area (Å²) in [7, 11) is -0.509. The summed E-state index contributed by atoms with van der Waals surface area (Å²) in [5.41, 5.74) is 1.55. The first kappa shape index (κ1) is 33.7. The Bertz CT molecular complexity index is 874. The predicted molar refractivity (Wildman–Crippen MR) is 174 cm³/mol. The van der Waals surface area contributed by atoms with Crippen molar-refractivity contribution in [2.24, 2.45) is 0 Å². The second-order valence-electron chi connectivity index (χ2n) is 9.98. The fourth-order valence-electron chi connectivity index (χ4n) is 5.03. The highest BCUT2D eigenvalue weighted by atomic mass is 35.5. The van der Waals surface area contributed by atoms with E-state index in [-0.39, 0.29) is 24.8 Å². The zero-order chi connectivity index (χ0) is 24.4. The standard InChI is InChI=1S/C34H47P.2ClH/c1-2-3-4-5-6-7-8-9-10-11-12-13-14-17-24-31-25-22-23-30-34(31)35(32-26-18-15-19-27-32)33-28-20-16-21-29-33;;/h15-16,18-23,25-30H,2-14,17,24H2,1H3;2*1H. The maximum atomic E-state index is 2.38. The normalized spacial score (nSPS) is 10.6. The van der Waals surface area contributed by atoms with Crippen molar-refractivity contribution >= 4 is 48.6 Å². The van der Waals surface area contributed by atoms with Gasteiger partial charge in [-0.15, -0.1) is 24.8 Å². The van der Waals surface area contributed by atoms with Crippen LogP contribution in [0.1, 0.15) is 102 Å². The van der Waals surface area contributed by atoms with Gasteiger partial charge in [-0.2, -0.15) is 0 Å². The third kappa shape index (κ3) is 12.8. The summed E-state index contributed by atoms with van der Waals surface area (Å²) in [5.74, 6) is 0. The number of benzene rings is 3. The topological polar surface area (TPSA) is 0 Å². The van der Waals surface area contributed by atoms with Crippen molar-refractivity contribution in [3.05, 3.63) is 90.5 Å². The molecule has 0 atom stereocenters. The van der Waals surface area contributed by atoms with Crippen molar-refractivity contribution in [3.63, 3.8) is 0 Å². The molecular formula is C34H49Cl2P. The SMILES string of the molecule is CCCCCCCCCCCCCCCCc1ccccc1P(c1ccccc1)c1ccccc1.Cl.Cl. The van der Waals surface area contributed by atoms with Crippen molar-refractivity contribution in [1.82, 2.24) is 0 Å². The molecule has 0 fully saturated rings. The van der Waals surface area contributed by atoms with Gasteiger partial charge in [0.05, 0.1) is 0 Å². The molecule has 0 aliphatic heterocycles. The highest BCUT2D eigenvalue weighted by Gasteiger charge is 2.18. The minimum absolute atomic E-state index is 0. The molecule has 0 aliphatic carbocycles. The van der Waals surface area contributed by atoms with Crippen LogP contribution < -0.4 is 15.9 Å². The molecule has 0 amide bonds. The van der Waals surface area contributed by atoms with Gasteiger partial charge in [-0.25, -0.2) is 0 Å². The highest BCUT2D eigenvalue weighted by molar-refractivity contribution is 7.79. The van der Waals surface area contributed by atoms with Gasteiger partial charge in [-0.05, 0) is 42.2 Å². The van der Waals surface area contributed by atoms with Gasteiger partial charge in [-0.3, -0.25) is 0 Å². The van der Waals surface area contributed by atoms with Crippen LogP contribution in [0.4, 0.5) is 0 Å². The van der Waals surface area contributed by atoms with E-state index < -0.39 is 7.92 Å². The molecule has 3 aromatic carbocycles. The predicted octanol–water partition coefficient (Wildman–Crippen LogP) is 10.3. The van der Waals surface area contributed by atoms with Gasteiger partial charge >= 0.3 is 0 Å². The molecular weight excluding hydrogens is 510 g/mol. The van der Waals surface area contributed by atoms with Crippen LogP contribution in [0.3, 0.4) is 0 Å². The molecule has 3 heteroatoms. The van der Waals surface area contributed by atoms with Gasteiger partial charge < -0.3 is 0 Å². The number of halogens is 2. The Labute approximate surface area is 241 Å². The van der Waals surface area contributed by atoms with E-state index >= 15 is 0 Å². The van der Waals surface area contributed by atoms with Gasteiger partial charge in [0.2, 0.25) is 0 Å². The van der Waals surface area contributed by atoms with E-state index in [0.717, 1.165) is 0 Å². The monoisotopic (exact) mass is 558 g/mol. The van der Waals surface area contributed by atoms with Crippen LogP contribution >= 0.6 is 32.7 Å². The van der Waals surface area contributed by atoms with Gasteiger partial charge in [0.1, 0.15) is 0 Å². The Morgan fingerprint density at radius 1 is 0.432 bits per heavy atom. The minimum atomic E-state index is -0.509. The Kier molecular flexibility index (Phi) is 19.7. The first-order chi connectivity index (χ1) is 17.4. The summed E-state index contributed by atoms with van der Waals surface area (Å²) in [5, 5.41) is 4.43. The maximum Gasteiger partial charge on any atom is -0.0119 e. The summed E-state index contributed by atoms with van der Waals surface area (Å²) in [6.07, 6.45) is 21.0. The van der Waals surface area contributed by atoms with Crippen LogP contribution in [-0.4, -0.2) is 0 Å². The Morgan fingerprint density at radius 3 is 1.27 bits per heavy atom. The van der Waals surface area contributed by atoms with E-state index in [0.29, 0.717) is 0 Å². The van der Waals surface area contributed by atoms with Crippen molar-refractivity contribution < 1.29 is 0 Å². The Hall–Kier alpha value is -1.33. The van der Waals surface area contributed by atoms with E-state index in [1.807, 2.05) is 0 Å². The lowest BCUT2D eigenvalue weighted by Crippen LogP contribution is -2.23.